The Morgan fingerprint density at radius 3 is 1.05 bits per heavy atom. The number of quaternary nitrogens is 1. The van der Waals surface area contributed by atoms with Crippen molar-refractivity contribution in [1.82, 2.24) is 5.32 Å². The van der Waals surface area contributed by atoms with Gasteiger partial charge in [0.25, 0.3) is 0 Å². The number of carbonyl (C=O) groups is 1. The molecule has 0 aliphatic heterocycles. The van der Waals surface area contributed by atoms with Gasteiger partial charge in [0, 0.05) is 6.42 Å². The molecular weight excluding hydrogens is 960 g/mol. The van der Waals surface area contributed by atoms with E-state index in [0.717, 1.165) is 38.5 Å². The zero-order valence-corrected chi connectivity index (χ0v) is 52.4. The zero-order chi connectivity index (χ0) is 55.6. The highest BCUT2D eigenvalue weighted by Crippen LogP contribution is 2.43. The summed E-state index contributed by atoms with van der Waals surface area (Å²) in [5.74, 6) is -0.182. The van der Waals surface area contributed by atoms with E-state index < -0.39 is 20.0 Å². The minimum absolute atomic E-state index is 0.0575. The first kappa shape index (κ1) is 74.7. The molecule has 0 heterocycles. The van der Waals surface area contributed by atoms with Gasteiger partial charge in [0.2, 0.25) is 5.91 Å². The van der Waals surface area contributed by atoms with Crippen LogP contribution in [0, 0.1) is 0 Å². The molecule has 0 rings (SSSR count). The zero-order valence-electron chi connectivity index (χ0n) is 51.5. The number of unbranched alkanes of at least 4 members (excludes halogenated alkanes) is 45. The van der Waals surface area contributed by atoms with Gasteiger partial charge < -0.3 is 19.8 Å². The Kier molecular flexibility index (Phi) is 57.4. The molecule has 0 saturated carbocycles. The topological polar surface area (TPSA) is 105 Å². The minimum Gasteiger partial charge on any atom is -0.387 e. The van der Waals surface area contributed by atoms with Gasteiger partial charge in [-0.3, -0.25) is 13.8 Å². The van der Waals surface area contributed by atoms with Crippen LogP contribution in [0.15, 0.2) is 36.5 Å². The number of aliphatic hydroxyl groups is 1. The number of phosphoric acid groups is 1. The summed E-state index contributed by atoms with van der Waals surface area (Å²) in [7, 11) is 1.57. The van der Waals surface area contributed by atoms with E-state index >= 15 is 0 Å². The van der Waals surface area contributed by atoms with Crippen molar-refractivity contribution in [3.63, 3.8) is 0 Å². The lowest BCUT2D eigenvalue weighted by Crippen LogP contribution is -2.45. The Hall–Kier alpha value is -1.28. The van der Waals surface area contributed by atoms with Crippen LogP contribution in [-0.4, -0.2) is 73.4 Å². The summed E-state index contributed by atoms with van der Waals surface area (Å²) in [6, 6.07) is -0.862. The predicted molar refractivity (Wildman–Crippen MR) is 332 cm³/mol. The van der Waals surface area contributed by atoms with Crippen LogP contribution >= 0.6 is 7.82 Å². The van der Waals surface area contributed by atoms with Gasteiger partial charge in [0.15, 0.2) is 0 Å². The van der Waals surface area contributed by atoms with Gasteiger partial charge in [-0.25, -0.2) is 4.57 Å². The van der Waals surface area contributed by atoms with Crippen LogP contribution in [0.4, 0.5) is 0 Å². The summed E-state index contributed by atoms with van der Waals surface area (Å²) in [5.41, 5.74) is 0. The van der Waals surface area contributed by atoms with Crippen LogP contribution in [-0.2, 0) is 18.4 Å². The maximum Gasteiger partial charge on any atom is 0.472 e. The molecule has 76 heavy (non-hydrogen) atoms. The average Bonchev–Trinajstić information content (AvgIpc) is 3.38. The maximum atomic E-state index is 13.0. The summed E-state index contributed by atoms with van der Waals surface area (Å²) in [5, 5.41) is 13.9. The van der Waals surface area contributed by atoms with E-state index in [9.17, 15) is 19.4 Å². The first-order chi connectivity index (χ1) is 37.0. The number of hydrogen-bond acceptors (Lipinski definition) is 5. The molecule has 1 amide bonds. The number of nitrogens with zero attached hydrogens (tertiary/aromatic N) is 1. The number of likely N-dealkylation sites (N-methyl/N-ethyl adjacent to an activating group) is 1. The van der Waals surface area contributed by atoms with E-state index in [1.165, 1.54) is 276 Å². The Morgan fingerprint density at radius 1 is 0.434 bits per heavy atom. The predicted octanol–water partition coefficient (Wildman–Crippen LogP) is 20.9. The van der Waals surface area contributed by atoms with Crippen molar-refractivity contribution in [2.45, 2.75) is 347 Å². The molecule has 0 bridgehead atoms. The highest BCUT2D eigenvalue weighted by molar-refractivity contribution is 7.47. The number of carbonyl (C=O) groups excluding carboxylic acids is 1. The fourth-order valence-electron chi connectivity index (χ4n) is 10.1. The van der Waals surface area contributed by atoms with Crippen LogP contribution in [0.25, 0.3) is 0 Å². The second-order valence-corrected chi connectivity index (χ2v) is 25.6. The van der Waals surface area contributed by atoms with E-state index in [1.807, 2.05) is 27.2 Å². The van der Waals surface area contributed by atoms with Gasteiger partial charge in [-0.05, 0) is 57.8 Å². The van der Waals surface area contributed by atoms with E-state index in [-0.39, 0.29) is 19.1 Å². The van der Waals surface area contributed by atoms with Gasteiger partial charge in [0.1, 0.15) is 13.2 Å². The van der Waals surface area contributed by atoms with Gasteiger partial charge in [-0.15, -0.1) is 0 Å². The number of aliphatic hydroxyl groups excluding tert-OH is 1. The van der Waals surface area contributed by atoms with Gasteiger partial charge in [0.05, 0.1) is 39.9 Å². The molecule has 0 aromatic rings. The van der Waals surface area contributed by atoms with E-state index in [0.29, 0.717) is 17.4 Å². The molecule has 0 fully saturated rings. The molecule has 0 aromatic carbocycles. The van der Waals surface area contributed by atoms with Crippen LogP contribution in [0.1, 0.15) is 335 Å². The average molecular weight is 1090 g/mol. The van der Waals surface area contributed by atoms with Gasteiger partial charge >= 0.3 is 7.82 Å². The van der Waals surface area contributed by atoms with Crippen LogP contribution in [0.3, 0.4) is 0 Å². The van der Waals surface area contributed by atoms with E-state index in [4.69, 9.17) is 9.05 Å². The Balaban J connectivity index is 3.91. The lowest BCUT2D eigenvalue weighted by molar-refractivity contribution is -0.870. The number of rotatable bonds is 62. The van der Waals surface area contributed by atoms with Crippen molar-refractivity contribution in [2.24, 2.45) is 0 Å². The molecule has 8 nitrogen and oxygen atoms in total. The third-order valence-electron chi connectivity index (χ3n) is 15.3. The molecule has 3 atom stereocenters. The number of amides is 1. The van der Waals surface area contributed by atoms with Crippen LogP contribution in [0.5, 0.6) is 0 Å². The second-order valence-electron chi connectivity index (χ2n) is 24.2. The highest BCUT2D eigenvalue weighted by atomic mass is 31.2. The number of nitrogens with one attached hydrogen (secondary N) is 1. The first-order valence-corrected chi connectivity index (χ1v) is 34.9. The lowest BCUT2D eigenvalue weighted by atomic mass is 10.0. The SMILES string of the molecule is CCCCCCCCCCC/C=C/CC/C=C/C(O)C(COP(=O)(O)OCC[N+](C)(C)C)NC(=O)CCCCCCCCCCCCCCCCCCC/C=C\CCCCCCCCCCCCCCCCCCCC. The quantitative estimate of drug-likeness (QED) is 0.0243. The van der Waals surface area contributed by atoms with Crippen molar-refractivity contribution in [1.29, 1.82) is 0 Å². The third kappa shape index (κ3) is 60.4. The van der Waals surface area contributed by atoms with Crippen LogP contribution < -0.4 is 5.32 Å². The molecule has 450 valence electrons. The summed E-state index contributed by atoms with van der Waals surface area (Å²) >= 11 is 0. The Morgan fingerprint density at radius 2 is 0.724 bits per heavy atom. The minimum atomic E-state index is -4.35. The van der Waals surface area contributed by atoms with Crippen molar-refractivity contribution in [3.05, 3.63) is 36.5 Å². The maximum absolute atomic E-state index is 13.0. The fourth-order valence-corrected chi connectivity index (χ4v) is 10.9. The molecular formula is C67H132N2O6P+. The largest absolute Gasteiger partial charge is 0.472 e. The van der Waals surface area contributed by atoms with Gasteiger partial charge in [-0.1, -0.05) is 307 Å². The summed E-state index contributed by atoms with van der Waals surface area (Å²) in [6.07, 6.45) is 77.4. The molecule has 0 aromatic heterocycles. The van der Waals surface area contributed by atoms with Crippen molar-refractivity contribution in [3.8, 4) is 0 Å². The molecule has 0 aliphatic carbocycles. The van der Waals surface area contributed by atoms with Crippen molar-refractivity contribution >= 4 is 13.7 Å². The number of hydrogen-bond donors (Lipinski definition) is 3. The normalized spacial score (nSPS) is 13.9. The van der Waals surface area contributed by atoms with E-state index in [2.05, 4.69) is 43.5 Å². The van der Waals surface area contributed by atoms with Crippen molar-refractivity contribution in [2.75, 3.05) is 40.9 Å². The number of phosphoric ester groups is 1. The summed E-state index contributed by atoms with van der Waals surface area (Å²) < 4.78 is 23.7. The van der Waals surface area contributed by atoms with Crippen LogP contribution in [0.2, 0.25) is 0 Å². The first-order valence-electron chi connectivity index (χ1n) is 33.4. The second kappa shape index (κ2) is 58.4. The molecule has 0 radical (unpaired) electrons. The smallest absolute Gasteiger partial charge is 0.387 e. The summed E-state index contributed by atoms with van der Waals surface area (Å²) in [4.78, 5) is 23.3. The fraction of sp³-hybridized carbons (Fsp3) is 0.896. The molecule has 9 heteroatoms. The standard InChI is InChI=1S/C67H131N2O6P/c1-6-8-10-12-14-16-18-20-22-23-24-25-26-27-28-29-30-31-32-33-34-35-36-37-38-39-40-41-42-43-44-45-47-49-51-53-55-57-59-61-67(71)68-65(64-75-76(72,73)74-63-62-69(3,4)5)66(70)60-58-56-54-52-50-48-46-21-19-17-15-13-11-9-7-2/h33-34,50,52,58,60,65-66,70H,6-32,35-49,51,53-57,59,61-64H2,1-5H3,(H-,68,71,72,73)/p+1/b34-33-,52-50+,60-58+. The van der Waals surface area contributed by atoms with Gasteiger partial charge in [-0.2, -0.15) is 0 Å². The highest BCUT2D eigenvalue weighted by Gasteiger charge is 2.28. The molecule has 0 spiro atoms. The third-order valence-corrected chi connectivity index (χ3v) is 16.3. The summed E-state index contributed by atoms with van der Waals surface area (Å²) in [6.45, 7) is 4.83. The lowest BCUT2D eigenvalue weighted by Gasteiger charge is -2.25. The molecule has 0 saturated heterocycles. The molecule has 0 aliphatic rings. The van der Waals surface area contributed by atoms with E-state index in [1.54, 1.807) is 6.08 Å². The van der Waals surface area contributed by atoms with Crippen molar-refractivity contribution < 1.29 is 32.9 Å². The Bertz CT molecular complexity index is 1330. The number of allylic oxidation sites excluding steroid dienone is 5. The Labute approximate surface area is 474 Å². The molecule has 3 N–H and O–H groups in total. The molecule has 3 unspecified atom stereocenters. The monoisotopic (exact) mass is 1090 g/mol.